The highest BCUT2D eigenvalue weighted by Crippen LogP contribution is 2.35. The fourth-order valence-corrected chi connectivity index (χ4v) is 2.42. The molecule has 0 aliphatic carbocycles. The maximum absolute atomic E-state index is 12.0. The number of aromatic amines is 1. The third-order valence-corrected chi connectivity index (χ3v) is 3.61. The molecule has 2 N–H and O–H groups in total. The number of benzene rings is 1. The van der Waals surface area contributed by atoms with E-state index in [0.717, 1.165) is 0 Å². The minimum absolute atomic E-state index is 0.142. The molecule has 0 radical (unpaired) electrons. The Morgan fingerprint density at radius 3 is 2.65 bits per heavy atom. The molecule has 0 unspecified atom stereocenters. The van der Waals surface area contributed by atoms with Crippen LogP contribution in [0.15, 0.2) is 22.0 Å². The van der Waals surface area contributed by atoms with Crippen LogP contribution >= 0.6 is 11.6 Å². The van der Waals surface area contributed by atoms with Crippen LogP contribution in [0, 0.1) is 0 Å². The van der Waals surface area contributed by atoms with Gasteiger partial charge in [-0.05, 0) is 24.6 Å². The molecule has 1 heterocycles. The molecule has 0 atom stereocenters. The minimum Gasteiger partial charge on any atom is -0.493 e. The Morgan fingerprint density at radius 1 is 1.35 bits per heavy atom. The second-order valence-corrected chi connectivity index (χ2v) is 6.85. The summed E-state index contributed by atoms with van der Waals surface area (Å²) in [4.78, 5) is 14.7. The monoisotopic (exact) mass is 379 g/mol. The van der Waals surface area contributed by atoms with E-state index in [1.165, 1.54) is 13.3 Å². The van der Waals surface area contributed by atoms with Crippen LogP contribution in [0.2, 0.25) is 5.02 Å². The number of methoxy groups -OCH3 is 1. The van der Waals surface area contributed by atoms with Gasteiger partial charge >= 0.3 is 0 Å². The van der Waals surface area contributed by atoms with Crippen molar-refractivity contribution in [2.75, 3.05) is 19.1 Å². The van der Waals surface area contributed by atoms with Crippen LogP contribution in [0.3, 0.4) is 0 Å². The molecule has 1 aromatic carbocycles. The zero-order chi connectivity index (χ0) is 19.3. The highest BCUT2D eigenvalue weighted by Gasteiger charge is 2.20. The smallest absolute Gasteiger partial charge is 0.274 e. The summed E-state index contributed by atoms with van der Waals surface area (Å²) in [6.45, 7) is 8.01. The van der Waals surface area contributed by atoms with Gasteiger partial charge in [-0.15, -0.1) is 10.2 Å². The summed E-state index contributed by atoms with van der Waals surface area (Å²) in [7, 11) is 1.53. The van der Waals surface area contributed by atoms with E-state index in [1.54, 1.807) is 12.1 Å². The van der Waals surface area contributed by atoms with Gasteiger partial charge in [-0.3, -0.25) is 9.78 Å². The molecule has 0 aliphatic rings. The van der Waals surface area contributed by atoms with Crippen molar-refractivity contribution in [1.29, 1.82) is 0 Å². The van der Waals surface area contributed by atoms with Crippen molar-refractivity contribution in [1.82, 2.24) is 15.2 Å². The number of hydrazone groups is 1. The summed E-state index contributed by atoms with van der Waals surface area (Å²) >= 11 is 6.21. The van der Waals surface area contributed by atoms with Crippen molar-refractivity contribution in [3.8, 4) is 11.5 Å². The molecule has 0 aliphatic heterocycles. The van der Waals surface area contributed by atoms with E-state index in [9.17, 15) is 4.79 Å². The Kier molecular flexibility index (Phi) is 6.20. The zero-order valence-corrected chi connectivity index (χ0v) is 16.1. The molecule has 0 fully saturated rings. The molecule has 8 nitrogen and oxygen atoms in total. The van der Waals surface area contributed by atoms with Crippen LogP contribution in [0.25, 0.3) is 0 Å². The second kappa shape index (κ2) is 8.18. The van der Waals surface area contributed by atoms with Gasteiger partial charge in [0.25, 0.3) is 5.56 Å². The Morgan fingerprint density at radius 2 is 2.08 bits per heavy atom. The predicted octanol–water partition coefficient (Wildman–Crippen LogP) is 2.97. The maximum Gasteiger partial charge on any atom is 0.274 e. The third-order valence-electron chi connectivity index (χ3n) is 3.33. The summed E-state index contributed by atoms with van der Waals surface area (Å²) in [5.74, 6) is 1.13. The SMILES string of the molecule is CCOc1c(Cl)cc(/C=N/Nc2nnc(C(C)(C)C)c(=O)[nH]2)cc1OC. The van der Waals surface area contributed by atoms with Crippen molar-refractivity contribution < 1.29 is 9.47 Å². The van der Waals surface area contributed by atoms with Gasteiger partial charge in [0.05, 0.1) is 25.0 Å². The van der Waals surface area contributed by atoms with Gasteiger partial charge in [-0.25, -0.2) is 5.43 Å². The summed E-state index contributed by atoms with van der Waals surface area (Å²) in [5, 5.41) is 12.3. The van der Waals surface area contributed by atoms with E-state index in [1.807, 2.05) is 27.7 Å². The number of hydrogen-bond acceptors (Lipinski definition) is 7. The van der Waals surface area contributed by atoms with Crippen LogP contribution in [-0.4, -0.2) is 35.1 Å². The maximum atomic E-state index is 12.0. The average molecular weight is 380 g/mol. The van der Waals surface area contributed by atoms with Crippen LogP contribution in [-0.2, 0) is 5.41 Å². The molecule has 1 aromatic heterocycles. The third kappa shape index (κ3) is 4.72. The van der Waals surface area contributed by atoms with E-state index in [4.69, 9.17) is 21.1 Å². The first kappa shape index (κ1) is 19.7. The number of ether oxygens (including phenoxy) is 2. The molecule has 0 saturated carbocycles. The minimum atomic E-state index is -0.391. The number of nitrogens with one attached hydrogen (secondary N) is 2. The molecule has 2 aromatic rings. The van der Waals surface area contributed by atoms with E-state index in [0.29, 0.717) is 34.4 Å². The lowest BCUT2D eigenvalue weighted by atomic mass is 9.93. The van der Waals surface area contributed by atoms with E-state index >= 15 is 0 Å². The molecule has 140 valence electrons. The van der Waals surface area contributed by atoms with Gasteiger partial charge in [0, 0.05) is 5.41 Å². The number of anilines is 1. The normalized spacial score (nSPS) is 11.6. The Balaban J connectivity index is 2.17. The van der Waals surface area contributed by atoms with Crippen LogP contribution in [0.1, 0.15) is 39.0 Å². The Labute approximate surface area is 156 Å². The fourth-order valence-electron chi connectivity index (χ4n) is 2.14. The van der Waals surface area contributed by atoms with Gasteiger partial charge in [-0.1, -0.05) is 32.4 Å². The largest absolute Gasteiger partial charge is 0.493 e. The molecule has 0 spiro atoms. The molecule has 2 rings (SSSR count). The number of nitrogens with zero attached hydrogens (tertiary/aromatic N) is 3. The highest BCUT2D eigenvalue weighted by atomic mass is 35.5. The molecule has 0 amide bonds. The lowest BCUT2D eigenvalue weighted by Crippen LogP contribution is -2.28. The van der Waals surface area contributed by atoms with E-state index in [2.05, 4.69) is 25.7 Å². The predicted molar refractivity (Wildman–Crippen MR) is 102 cm³/mol. The van der Waals surface area contributed by atoms with E-state index < -0.39 is 5.41 Å². The first-order valence-electron chi connectivity index (χ1n) is 8.03. The first-order chi connectivity index (χ1) is 12.3. The van der Waals surface area contributed by atoms with Crippen molar-refractivity contribution in [3.05, 3.63) is 38.8 Å². The number of H-pyrrole nitrogens is 1. The molecular formula is C17H22ClN5O3. The topological polar surface area (TPSA) is 101 Å². The summed E-state index contributed by atoms with van der Waals surface area (Å²) in [5.41, 5.74) is 2.98. The molecule has 0 bridgehead atoms. The van der Waals surface area contributed by atoms with E-state index in [-0.39, 0.29) is 11.5 Å². The Hall–Kier alpha value is -2.61. The fraction of sp³-hybridized carbons (Fsp3) is 0.412. The van der Waals surface area contributed by atoms with Crippen LogP contribution < -0.4 is 20.5 Å². The number of rotatable bonds is 6. The molecule has 0 saturated heterocycles. The first-order valence-corrected chi connectivity index (χ1v) is 8.41. The summed E-state index contributed by atoms with van der Waals surface area (Å²) in [6.07, 6.45) is 1.52. The number of halogens is 1. The van der Waals surface area contributed by atoms with Crippen molar-refractivity contribution >= 4 is 23.8 Å². The Bertz CT molecular complexity index is 858. The van der Waals surface area contributed by atoms with Gasteiger partial charge in [0.2, 0.25) is 5.95 Å². The number of aromatic nitrogens is 3. The quantitative estimate of drug-likeness (QED) is 0.591. The van der Waals surface area contributed by atoms with Crippen LogP contribution in [0.5, 0.6) is 11.5 Å². The van der Waals surface area contributed by atoms with Crippen molar-refractivity contribution in [3.63, 3.8) is 0 Å². The standard InChI is InChI=1S/C17H22ClN5O3/c1-6-26-13-11(18)7-10(8-12(13)25-5)9-19-22-16-20-15(24)14(21-23-16)17(2,3)4/h7-9H,6H2,1-5H3,(H2,20,22,23,24)/b19-9+. The number of hydrogen-bond donors (Lipinski definition) is 2. The van der Waals surface area contributed by atoms with Gasteiger partial charge in [0.15, 0.2) is 11.5 Å². The molecule has 26 heavy (non-hydrogen) atoms. The van der Waals surface area contributed by atoms with Crippen LogP contribution in [0.4, 0.5) is 5.95 Å². The lowest BCUT2D eigenvalue weighted by molar-refractivity contribution is 0.311. The second-order valence-electron chi connectivity index (χ2n) is 6.44. The average Bonchev–Trinajstić information content (AvgIpc) is 2.56. The molecular weight excluding hydrogens is 358 g/mol. The van der Waals surface area contributed by atoms with Gasteiger partial charge in [0.1, 0.15) is 5.69 Å². The van der Waals surface area contributed by atoms with Crippen molar-refractivity contribution in [2.24, 2.45) is 5.10 Å². The molecule has 9 heteroatoms. The van der Waals surface area contributed by atoms with Gasteiger partial charge in [-0.2, -0.15) is 5.10 Å². The highest BCUT2D eigenvalue weighted by molar-refractivity contribution is 6.32. The summed E-state index contributed by atoms with van der Waals surface area (Å²) in [6, 6.07) is 3.43. The van der Waals surface area contributed by atoms with Gasteiger partial charge < -0.3 is 9.47 Å². The summed E-state index contributed by atoms with van der Waals surface area (Å²) < 4.78 is 10.7. The zero-order valence-electron chi connectivity index (χ0n) is 15.4. The van der Waals surface area contributed by atoms with Crippen molar-refractivity contribution in [2.45, 2.75) is 33.1 Å². The lowest BCUT2D eigenvalue weighted by Gasteiger charge is -2.15.